The molecule has 0 spiro atoms. The van der Waals surface area contributed by atoms with Crippen LogP contribution in [0.25, 0.3) is 0 Å². The molecule has 2 amide bonds. The highest BCUT2D eigenvalue weighted by Gasteiger charge is 2.22. The molecule has 2 aromatic rings. The van der Waals surface area contributed by atoms with Crippen LogP contribution in [0, 0.1) is 0 Å². The summed E-state index contributed by atoms with van der Waals surface area (Å²) in [5.74, 6) is -0.153. The monoisotopic (exact) mass is 380 g/mol. The molecule has 2 aromatic carbocycles. The Morgan fingerprint density at radius 3 is 2.40 bits per heavy atom. The molecule has 0 aromatic heterocycles. The standard InChI is InChI=1S/C18H18Cl2N2O3/c1-22(17(23)10-12-7-8-14(19)15(20)9-12)16(11-21-18(24)25)13-5-3-2-4-6-13/h2-9,16,21H,10-11H2,1H3,(H,24,25)/t16-/m0/s1. The Balaban J connectivity index is 2.16. The largest absolute Gasteiger partial charge is 0.465 e. The maximum Gasteiger partial charge on any atom is 0.404 e. The number of hydrogen-bond acceptors (Lipinski definition) is 2. The average molecular weight is 381 g/mol. The summed E-state index contributed by atoms with van der Waals surface area (Å²) in [6.07, 6.45) is -0.990. The quantitative estimate of drug-likeness (QED) is 0.795. The number of hydrogen-bond donors (Lipinski definition) is 2. The normalized spacial score (nSPS) is 11.6. The number of amides is 2. The van der Waals surface area contributed by atoms with Gasteiger partial charge in [0.05, 0.1) is 22.5 Å². The molecule has 0 saturated heterocycles. The first-order chi connectivity index (χ1) is 11.9. The molecule has 0 heterocycles. The minimum atomic E-state index is -1.13. The predicted octanol–water partition coefficient (Wildman–Crippen LogP) is 4.00. The second-order valence-corrected chi connectivity index (χ2v) is 6.36. The molecule has 1 atom stereocenters. The minimum Gasteiger partial charge on any atom is -0.465 e. The summed E-state index contributed by atoms with van der Waals surface area (Å²) in [6, 6.07) is 13.9. The van der Waals surface area contributed by atoms with Gasteiger partial charge in [0.1, 0.15) is 0 Å². The van der Waals surface area contributed by atoms with Crippen molar-refractivity contribution in [2.24, 2.45) is 0 Å². The van der Waals surface area contributed by atoms with Crippen LogP contribution in [0.3, 0.4) is 0 Å². The smallest absolute Gasteiger partial charge is 0.404 e. The molecule has 0 aliphatic rings. The van der Waals surface area contributed by atoms with E-state index >= 15 is 0 Å². The number of rotatable bonds is 6. The van der Waals surface area contributed by atoms with Gasteiger partial charge < -0.3 is 15.3 Å². The Labute approximate surface area is 156 Å². The molecule has 5 nitrogen and oxygen atoms in total. The Morgan fingerprint density at radius 1 is 1.12 bits per heavy atom. The summed E-state index contributed by atoms with van der Waals surface area (Å²) < 4.78 is 0. The van der Waals surface area contributed by atoms with Gasteiger partial charge in [0.25, 0.3) is 0 Å². The van der Waals surface area contributed by atoms with Crippen molar-refractivity contribution < 1.29 is 14.7 Å². The van der Waals surface area contributed by atoms with Crippen molar-refractivity contribution in [3.05, 3.63) is 69.7 Å². The number of carbonyl (C=O) groups excluding carboxylic acids is 1. The fourth-order valence-corrected chi connectivity index (χ4v) is 2.78. The summed E-state index contributed by atoms with van der Waals surface area (Å²) in [5.41, 5.74) is 1.59. The molecule has 0 bridgehead atoms. The molecular weight excluding hydrogens is 363 g/mol. The lowest BCUT2D eigenvalue weighted by Gasteiger charge is -2.28. The second kappa shape index (κ2) is 8.74. The zero-order chi connectivity index (χ0) is 18.4. The van der Waals surface area contributed by atoms with Crippen molar-refractivity contribution in [1.29, 1.82) is 0 Å². The van der Waals surface area contributed by atoms with Crippen molar-refractivity contribution in [2.75, 3.05) is 13.6 Å². The van der Waals surface area contributed by atoms with Crippen molar-refractivity contribution >= 4 is 35.2 Å². The van der Waals surface area contributed by atoms with E-state index in [4.69, 9.17) is 28.3 Å². The number of nitrogens with one attached hydrogen (secondary N) is 1. The third-order valence-electron chi connectivity index (χ3n) is 3.83. The number of carbonyl (C=O) groups is 2. The topological polar surface area (TPSA) is 69.6 Å². The van der Waals surface area contributed by atoms with Crippen LogP contribution >= 0.6 is 23.2 Å². The fraction of sp³-hybridized carbons (Fsp3) is 0.222. The molecule has 0 aliphatic carbocycles. The Morgan fingerprint density at radius 2 is 1.80 bits per heavy atom. The first-order valence-corrected chi connectivity index (χ1v) is 8.35. The third kappa shape index (κ3) is 5.37. The summed E-state index contributed by atoms with van der Waals surface area (Å²) in [4.78, 5) is 25.0. The van der Waals surface area contributed by atoms with E-state index in [1.54, 1.807) is 25.2 Å². The highest BCUT2D eigenvalue weighted by Crippen LogP contribution is 2.24. The van der Waals surface area contributed by atoms with Gasteiger partial charge >= 0.3 is 6.09 Å². The maximum atomic E-state index is 12.6. The van der Waals surface area contributed by atoms with Gasteiger partial charge in [-0.3, -0.25) is 4.79 Å². The van der Waals surface area contributed by atoms with Crippen LogP contribution in [-0.4, -0.2) is 35.6 Å². The average Bonchev–Trinajstić information content (AvgIpc) is 2.59. The number of carboxylic acid groups (broad SMARTS) is 1. The van der Waals surface area contributed by atoms with Crippen LogP contribution in [0.5, 0.6) is 0 Å². The predicted molar refractivity (Wildman–Crippen MR) is 98.1 cm³/mol. The Hall–Kier alpha value is -2.24. The van der Waals surface area contributed by atoms with Crippen LogP contribution in [0.4, 0.5) is 4.79 Å². The van der Waals surface area contributed by atoms with E-state index in [9.17, 15) is 9.59 Å². The molecule has 132 valence electrons. The van der Waals surface area contributed by atoms with E-state index in [0.29, 0.717) is 10.0 Å². The number of benzene rings is 2. The van der Waals surface area contributed by atoms with Gasteiger partial charge in [0.2, 0.25) is 5.91 Å². The molecule has 0 saturated carbocycles. The fourth-order valence-electron chi connectivity index (χ4n) is 2.46. The van der Waals surface area contributed by atoms with Crippen molar-refractivity contribution in [2.45, 2.75) is 12.5 Å². The zero-order valence-electron chi connectivity index (χ0n) is 13.6. The first kappa shape index (κ1) is 19.1. The van der Waals surface area contributed by atoms with Gasteiger partial charge in [0, 0.05) is 13.6 Å². The number of nitrogens with zero attached hydrogens (tertiary/aromatic N) is 1. The van der Waals surface area contributed by atoms with Gasteiger partial charge in [-0.05, 0) is 23.3 Å². The zero-order valence-corrected chi connectivity index (χ0v) is 15.1. The number of likely N-dealkylation sites (N-methyl/N-ethyl adjacent to an activating group) is 1. The molecule has 2 rings (SSSR count). The highest BCUT2D eigenvalue weighted by atomic mass is 35.5. The Bertz CT molecular complexity index is 753. The van der Waals surface area contributed by atoms with Crippen LogP contribution in [-0.2, 0) is 11.2 Å². The maximum absolute atomic E-state index is 12.6. The van der Waals surface area contributed by atoms with Crippen molar-refractivity contribution in [3.63, 3.8) is 0 Å². The second-order valence-electron chi connectivity index (χ2n) is 5.54. The van der Waals surface area contributed by atoms with Crippen molar-refractivity contribution in [3.8, 4) is 0 Å². The Kier molecular flexibility index (Phi) is 6.67. The van der Waals surface area contributed by atoms with Gasteiger partial charge in [-0.15, -0.1) is 0 Å². The molecule has 0 unspecified atom stereocenters. The van der Waals surface area contributed by atoms with Gasteiger partial charge in [0.15, 0.2) is 0 Å². The lowest BCUT2D eigenvalue weighted by molar-refractivity contribution is -0.131. The van der Waals surface area contributed by atoms with E-state index in [-0.39, 0.29) is 18.9 Å². The lowest BCUT2D eigenvalue weighted by atomic mass is 10.0. The van der Waals surface area contributed by atoms with E-state index in [0.717, 1.165) is 11.1 Å². The highest BCUT2D eigenvalue weighted by molar-refractivity contribution is 6.42. The van der Waals surface area contributed by atoms with Gasteiger partial charge in [-0.25, -0.2) is 4.79 Å². The lowest BCUT2D eigenvalue weighted by Crippen LogP contribution is -2.39. The van der Waals surface area contributed by atoms with E-state index in [1.165, 1.54) is 4.90 Å². The summed E-state index contributed by atoms with van der Waals surface area (Å²) >= 11 is 11.9. The molecule has 0 radical (unpaired) electrons. The van der Waals surface area contributed by atoms with E-state index < -0.39 is 12.1 Å². The van der Waals surface area contributed by atoms with Crippen LogP contribution in [0.1, 0.15) is 17.2 Å². The summed E-state index contributed by atoms with van der Waals surface area (Å²) in [6.45, 7) is 0.100. The molecule has 25 heavy (non-hydrogen) atoms. The van der Waals surface area contributed by atoms with Crippen LogP contribution < -0.4 is 5.32 Å². The summed E-state index contributed by atoms with van der Waals surface area (Å²) in [7, 11) is 1.65. The molecule has 0 fully saturated rings. The molecule has 2 N–H and O–H groups in total. The molecule has 7 heteroatoms. The molecular formula is C18H18Cl2N2O3. The van der Waals surface area contributed by atoms with Crippen LogP contribution in [0.2, 0.25) is 10.0 Å². The molecule has 0 aliphatic heterocycles. The van der Waals surface area contributed by atoms with E-state index in [1.807, 2.05) is 30.3 Å². The SMILES string of the molecule is CN(C(=O)Cc1ccc(Cl)c(Cl)c1)[C@@H](CNC(=O)O)c1ccccc1. The third-order valence-corrected chi connectivity index (χ3v) is 4.57. The summed E-state index contributed by atoms with van der Waals surface area (Å²) in [5, 5.41) is 12.0. The van der Waals surface area contributed by atoms with Crippen molar-refractivity contribution in [1.82, 2.24) is 10.2 Å². The number of halogens is 2. The van der Waals surface area contributed by atoms with Gasteiger partial charge in [-0.1, -0.05) is 59.6 Å². The van der Waals surface area contributed by atoms with Gasteiger partial charge in [-0.2, -0.15) is 0 Å². The van der Waals surface area contributed by atoms with Crippen LogP contribution in [0.15, 0.2) is 48.5 Å². The minimum absolute atomic E-state index is 0.100. The first-order valence-electron chi connectivity index (χ1n) is 7.60. The van der Waals surface area contributed by atoms with E-state index in [2.05, 4.69) is 5.32 Å².